The minimum Gasteiger partial charge on any atom is -0.381 e. The van der Waals surface area contributed by atoms with Gasteiger partial charge in [-0.05, 0) is 56.1 Å². The van der Waals surface area contributed by atoms with E-state index in [4.69, 9.17) is 4.74 Å². The number of nitrogens with zero attached hydrogens (tertiary/aromatic N) is 2. The first-order chi connectivity index (χ1) is 10.4. The van der Waals surface area contributed by atoms with Crippen LogP contribution >= 0.6 is 0 Å². The predicted molar refractivity (Wildman–Crippen MR) is 86.0 cm³/mol. The summed E-state index contributed by atoms with van der Waals surface area (Å²) in [6.07, 6.45) is 2.73. The molecule has 4 aliphatic heterocycles. The van der Waals surface area contributed by atoms with Crippen LogP contribution in [0, 0.1) is 5.92 Å². The summed E-state index contributed by atoms with van der Waals surface area (Å²) in [5.41, 5.74) is 2.59. The highest BCUT2D eigenvalue weighted by atomic mass is 16.5. The smallest absolute Gasteiger partial charge is 0.0642 e. The summed E-state index contributed by atoms with van der Waals surface area (Å²) in [4.78, 5) is 5.00. The maximum atomic E-state index is 5.42. The number of ether oxygens (including phenoxy) is 1. The minimum absolute atomic E-state index is 0.640. The fraction of sp³-hybridized carbons (Fsp3) is 0.647. The number of benzene rings is 1. The second-order valence-electron chi connectivity index (χ2n) is 6.54. The second-order valence-corrected chi connectivity index (χ2v) is 6.54. The first kappa shape index (κ1) is 13.4. The number of piperidine rings is 3. The summed E-state index contributed by atoms with van der Waals surface area (Å²) in [7, 11) is 0. The molecule has 1 N–H and O–H groups in total. The van der Waals surface area contributed by atoms with Crippen molar-refractivity contribution in [2.75, 3.05) is 56.2 Å². The third kappa shape index (κ3) is 2.87. The summed E-state index contributed by atoms with van der Waals surface area (Å²) in [6, 6.07) is 9.61. The molecule has 0 aliphatic carbocycles. The minimum atomic E-state index is 0.640. The number of anilines is 2. The molecule has 0 aromatic heterocycles. The molecule has 1 unspecified atom stereocenters. The summed E-state index contributed by atoms with van der Waals surface area (Å²) in [5.74, 6) is 0.869. The summed E-state index contributed by atoms with van der Waals surface area (Å²) in [5, 5.41) is 3.76. The molecule has 4 heterocycles. The molecule has 1 aromatic carbocycles. The van der Waals surface area contributed by atoms with Crippen LogP contribution in [-0.2, 0) is 4.74 Å². The first-order valence-electron chi connectivity index (χ1n) is 8.30. The Balaban J connectivity index is 1.39. The molecule has 21 heavy (non-hydrogen) atoms. The van der Waals surface area contributed by atoms with Crippen LogP contribution in [0.25, 0.3) is 0 Å². The third-order valence-electron chi connectivity index (χ3n) is 5.25. The number of rotatable bonds is 3. The maximum Gasteiger partial charge on any atom is 0.0642 e. The third-order valence-corrected chi connectivity index (χ3v) is 5.25. The lowest BCUT2D eigenvalue weighted by Crippen LogP contribution is -2.53. The van der Waals surface area contributed by atoms with Gasteiger partial charge in [0.1, 0.15) is 0 Å². The highest BCUT2D eigenvalue weighted by Gasteiger charge is 2.33. The Hall–Kier alpha value is -1.26. The van der Waals surface area contributed by atoms with E-state index in [0.29, 0.717) is 6.04 Å². The van der Waals surface area contributed by atoms with Gasteiger partial charge in [-0.25, -0.2) is 0 Å². The van der Waals surface area contributed by atoms with Crippen LogP contribution in [-0.4, -0.2) is 56.9 Å². The van der Waals surface area contributed by atoms with Gasteiger partial charge >= 0.3 is 0 Å². The van der Waals surface area contributed by atoms with Gasteiger partial charge in [-0.1, -0.05) is 0 Å². The van der Waals surface area contributed by atoms with Crippen molar-refractivity contribution in [2.45, 2.75) is 18.9 Å². The van der Waals surface area contributed by atoms with Gasteiger partial charge < -0.3 is 19.9 Å². The normalized spacial score (nSPS) is 32.2. The van der Waals surface area contributed by atoms with Crippen LogP contribution in [0.4, 0.5) is 11.4 Å². The molecule has 0 saturated carbocycles. The molecule has 4 fully saturated rings. The van der Waals surface area contributed by atoms with Gasteiger partial charge in [0.25, 0.3) is 0 Å². The van der Waals surface area contributed by atoms with Gasteiger partial charge in [0.2, 0.25) is 0 Å². The Kier molecular flexibility index (Phi) is 3.74. The number of nitrogens with one attached hydrogen (secondary N) is 1. The van der Waals surface area contributed by atoms with E-state index < -0.39 is 0 Å². The van der Waals surface area contributed by atoms with E-state index in [1.165, 1.54) is 43.9 Å². The van der Waals surface area contributed by atoms with E-state index in [9.17, 15) is 0 Å². The van der Waals surface area contributed by atoms with Crippen molar-refractivity contribution < 1.29 is 4.74 Å². The monoisotopic (exact) mass is 287 g/mol. The molecule has 1 aromatic rings. The molecular weight excluding hydrogens is 262 g/mol. The maximum absolute atomic E-state index is 5.42. The fourth-order valence-corrected chi connectivity index (χ4v) is 3.93. The van der Waals surface area contributed by atoms with Crippen molar-refractivity contribution in [2.24, 2.45) is 5.92 Å². The standard InChI is InChI=1S/C17H25N3O/c1-3-16(20-9-11-21-12-10-20)4-2-15(1)18-17-13-19-7-5-14(17)6-8-19/h1-4,14,17-18H,5-13H2. The summed E-state index contributed by atoms with van der Waals surface area (Å²) >= 11 is 0. The number of hydrogen-bond acceptors (Lipinski definition) is 4. The van der Waals surface area contributed by atoms with Crippen molar-refractivity contribution in [1.29, 1.82) is 0 Å². The summed E-state index contributed by atoms with van der Waals surface area (Å²) < 4.78 is 5.42. The zero-order valence-corrected chi connectivity index (χ0v) is 12.6. The van der Waals surface area contributed by atoms with Crippen molar-refractivity contribution in [3.05, 3.63) is 24.3 Å². The zero-order valence-electron chi connectivity index (χ0n) is 12.6. The van der Waals surface area contributed by atoms with Crippen molar-refractivity contribution >= 4 is 11.4 Å². The molecule has 4 aliphatic rings. The Morgan fingerprint density at radius 1 is 0.952 bits per heavy atom. The molecule has 4 heteroatoms. The Bertz CT molecular complexity index is 461. The van der Waals surface area contributed by atoms with Crippen LogP contribution in [0.1, 0.15) is 12.8 Å². The molecule has 0 radical (unpaired) electrons. The van der Waals surface area contributed by atoms with E-state index in [2.05, 4.69) is 39.4 Å². The molecule has 0 amide bonds. The lowest BCUT2D eigenvalue weighted by Gasteiger charge is -2.45. The van der Waals surface area contributed by atoms with E-state index in [1.54, 1.807) is 0 Å². The summed E-state index contributed by atoms with van der Waals surface area (Å²) in [6.45, 7) is 7.53. The Morgan fingerprint density at radius 3 is 2.29 bits per heavy atom. The number of hydrogen-bond donors (Lipinski definition) is 1. The molecule has 1 atom stereocenters. The van der Waals surface area contributed by atoms with Crippen LogP contribution in [0.5, 0.6) is 0 Å². The molecule has 4 saturated heterocycles. The van der Waals surface area contributed by atoms with E-state index in [1.807, 2.05) is 0 Å². The molecule has 2 bridgehead atoms. The van der Waals surface area contributed by atoms with Crippen molar-refractivity contribution in [1.82, 2.24) is 4.90 Å². The van der Waals surface area contributed by atoms with Crippen LogP contribution in [0.15, 0.2) is 24.3 Å². The van der Waals surface area contributed by atoms with Gasteiger partial charge in [0.05, 0.1) is 13.2 Å². The number of morpholine rings is 1. The largest absolute Gasteiger partial charge is 0.381 e. The van der Waals surface area contributed by atoms with Crippen molar-refractivity contribution in [3.63, 3.8) is 0 Å². The SMILES string of the molecule is c1cc(N2CCOCC2)ccc1NC1CN2CCC1CC2. The zero-order chi connectivity index (χ0) is 14.1. The van der Waals surface area contributed by atoms with Gasteiger partial charge in [0.15, 0.2) is 0 Å². The average molecular weight is 287 g/mol. The molecule has 114 valence electrons. The average Bonchev–Trinajstić information content (AvgIpc) is 2.57. The molecule has 5 rings (SSSR count). The highest BCUT2D eigenvalue weighted by molar-refractivity contribution is 5.55. The molecule has 4 nitrogen and oxygen atoms in total. The lowest BCUT2D eigenvalue weighted by molar-refractivity contribution is 0.0975. The van der Waals surface area contributed by atoms with E-state index in [0.717, 1.165) is 32.2 Å². The first-order valence-corrected chi connectivity index (χ1v) is 8.30. The van der Waals surface area contributed by atoms with Crippen LogP contribution < -0.4 is 10.2 Å². The Morgan fingerprint density at radius 2 is 1.67 bits per heavy atom. The quantitative estimate of drug-likeness (QED) is 0.920. The number of fused-ring (bicyclic) bond motifs is 3. The Labute approximate surface area is 127 Å². The fourth-order valence-electron chi connectivity index (χ4n) is 3.93. The van der Waals surface area contributed by atoms with E-state index >= 15 is 0 Å². The van der Waals surface area contributed by atoms with Crippen molar-refractivity contribution in [3.8, 4) is 0 Å². The van der Waals surface area contributed by atoms with Gasteiger partial charge in [-0.3, -0.25) is 0 Å². The van der Waals surface area contributed by atoms with Gasteiger partial charge in [0, 0.05) is 37.1 Å². The van der Waals surface area contributed by atoms with E-state index in [-0.39, 0.29) is 0 Å². The highest BCUT2D eigenvalue weighted by Crippen LogP contribution is 2.30. The van der Waals surface area contributed by atoms with Crippen LogP contribution in [0.3, 0.4) is 0 Å². The predicted octanol–water partition coefficient (Wildman–Crippen LogP) is 2.03. The topological polar surface area (TPSA) is 27.7 Å². The van der Waals surface area contributed by atoms with Gasteiger partial charge in [-0.2, -0.15) is 0 Å². The molecular formula is C17H25N3O. The second kappa shape index (κ2) is 5.85. The molecule has 0 spiro atoms. The lowest BCUT2D eigenvalue weighted by atomic mass is 9.84. The van der Waals surface area contributed by atoms with Crippen LogP contribution in [0.2, 0.25) is 0 Å². The van der Waals surface area contributed by atoms with Gasteiger partial charge in [-0.15, -0.1) is 0 Å².